The number of alkyl halides is 3. The Bertz CT molecular complexity index is 1510. The molecule has 13 heteroatoms. The molecule has 0 atom stereocenters. The van der Waals surface area contributed by atoms with Gasteiger partial charge in [0.1, 0.15) is 30.3 Å². The molecule has 1 aromatic heterocycles. The zero-order valence-corrected chi connectivity index (χ0v) is 21.6. The highest BCUT2D eigenvalue weighted by atomic mass is 19.4. The van der Waals surface area contributed by atoms with Gasteiger partial charge in [-0.25, -0.2) is 19.2 Å². The second-order valence-electron chi connectivity index (χ2n) is 9.06. The van der Waals surface area contributed by atoms with Crippen LogP contribution in [0.15, 0.2) is 67.0 Å². The van der Waals surface area contributed by atoms with Crippen molar-refractivity contribution in [2.45, 2.75) is 6.18 Å². The lowest BCUT2D eigenvalue weighted by atomic mass is 10.2. The van der Waals surface area contributed by atoms with Crippen molar-refractivity contribution >= 4 is 28.3 Å². The molecule has 0 aliphatic carbocycles. The fourth-order valence-electron chi connectivity index (χ4n) is 4.13. The van der Waals surface area contributed by atoms with E-state index in [4.69, 9.17) is 14.2 Å². The quantitative estimate of drug-likeness (QED) is 0.253. The van der Waals surface area contributed by atoms with E-state index in [1.807, 2.05) is 18.2 Å². The Morgan fingerprint density at radius 3 is 2.39 bits per heavy atom. The van der Waals surface area contributed by atoms with E-state index in [0.29, 0.717) is 52.7 Å². The summed E-state index contributed by atoms with van der Waals surface area (Å²) in [6.45, 7) is 4.59. The summed E-state index contributed by atoms with van der Waals surface area (Å²) < 4.78 is 69.4. The van der Waals surface area contributed by atoms with Crippen molar-refractivity contribution in [3.63, 3.8) is 0 Å². The predicted molar refractivity (Wildman–Crippen MR) is 143 cm³/mol. The fourth-order valence-corrected chi connectivity index (χ4v) is 4.13. The van der Waals surface area contributed by atoms with Crippen LogP contribution in [0.3, 0.4) is 0 Å². The third-order valence-electron chi connectivity index (χ3n) is 6.21. The van der Waals surface area contributed by atoms with Gasteiger partial charge in [0, 0.05) is 37.1 Å². The molecule has 3 aromatic carbocycles. The number of carbonyl (C=O) groups excluding carboxylic acids is 1. The van der Waals surface area contributed by atoms with Gasteiger partial charge in [0.25, 0.3) is 0 Å². The van der Waals surface area contributed by atoms with Crippen LogP contribution in [-0.2, 0) is 10.9 Å². The second kappa shape index (κ2) is 12.4. The van der Waals surface area contributed by atoms with E-state index in [0.717, 1.165) is 38.9 Å². The highest BCUT2D eigenvalue weighted by Crippen LogP contribution is 2.33. The van der Waals surface area contributed by atoms with Crippen LogP contribution in [0.2, 0.25) is 0 Å². The Hall–Kier alpha value is -4.49. The zero-order valence-electron chi connectivity index (χ0n) is 21.6. The molecule has 1 saturated heterocycles. The van der Waals surface area contributed by atoms with Crippen molar-refractivity contribution in [3.05, 3.63) is 78.4 Å². The average Bonchev–Trinajstić information content (AvgIpc) is 2.95. The molecule has 4 aromatic rings. The van der Waals surface area contributed by atoms with Crippen molar-refractivity contribution < 1.29 is 36.6 Å². The number of rotatable bonds is 8. The highest BCUT2D eigenvalue weighted by Gasteiger charge is 2.34. The van der Waals surface area contributed by atoms with Gasteiger partial charge in [-0.3, -0.25) is 4.90 Å². The van der Waals surface area contributed by atoms with Crippen molar-refractivity contribution in [1.82, 2.24) is 14.9 Å². The van der Waals surface area contributed by atoms with Gasteiger partial charge in [-0.2, -0.15) is 13.2 Å². The van der Waals surface area contributed by atoms with E-state index in [1.165, 1.54) is 6.33 Å². The van der Waals surface area contributed by atoms with Crippen molar-refractivity contribution in [3.8, 4) is 17.4 Å². The van der Waals surface area contributed by atoms with Crippen LogP contribution in [0.25, 0.3) is 10.9 Å². The first-order chi connectivity index (χ1) is 19.7. The van der Waals surface area contributed by atoms with E-state index in [2.05, 4.69) is 25.5 Å². The molecule has 1 fully saturated rings. The number of hydrogen-bond acceptors (Lipinski definition) is 7. The molecule has 41 heavy (non-hydrogen) atoms. The van der Waals surface area contributed by atoms with E-state index in [-0.39, 0.29) is 5.69 Å². The minimum atomic E-state index is -4.89. The summed E-state index contributed by atoms with van der Waals surface area (Å²) in [7, 11) is 0. The van der Waals surface area contributed by atoms with Gasteiger partial charge < -0.3 is 24.8 Å². The number of anilines is 2. The molecule has 0 spiro atoms. The van der Waals surface area contributed by atoms with Crippen LogP contribution in [0, 0.1) is 5.82 Å². The third kappa shape index (κ3) is 7.38. The van der Waals surface area contributed by atoms with Gasteiger partial charge in [0.2, 0.25) is 5.88 Å². The number of ether oxygens (including phenoxy) is 3. The molecule has 0 saturated carbocycles. The number of aromatic nitrogens is 2. The lowest BCUT2D eigenvalue weighted by Gasteiger charge is -2.26. The number of nitrogens with zero attached hydrogens (tertiary/aromatic N) is 3. The van der Waals surface area contributed by atoms with E-state index in [1.54, 1.807) is 24.3 Å². The van der Waals surface area contributed by atoms with Gasteiger partial charge >= 0.3 is 12.2 Å². The van der Waals surface area contributed by atoms with Crippen LogP contribution in [-0.4, -0.2) is 60.4 Å². The first-order valence-corrected chi connectivity index (χ1v) is 12.6. The SMILES string of the molecule is O=C(Nc1ccc(Oc2ncnc3cc(OCCN4CCOCC4)ccc23)cc1)Nc1ccc(F)c(C(F)(F)F)c1. The Morgan fingerprint density at radius 1 is 0.927 bits per heavy atom. The molecule has 0 bridgehead atoms. The number of hydrogen-bond donors (Lipinski definition) is 2. The summed E-state index contributed by atoms with van der Waals surface area (Å²) in [4.78, 5) is 23.1. The molecular weight excluding hydrogens is 546 g/mol. The largest absolute Gasteiger partial charge is 0.492 e. The summed E-state index contributed by atoms with van der Waals surface area (Å²) in [5.74, 6) is 0.00314. The van der Waals surface area contributed by atoms with E-state index >= 15 is 0 Å². The maximum atomic E-state index is 13.5. The smallest absolute Gasteiger partial charge is 0.419 e. The molecule has 2 heterocycles. The average molecular weight is 572 g/mol. The van der Waals surface area contributed by atoms with Gasteiger partial charge in [0.05, 0.1) is 29.7 Å². The Balaban J connectivity index is 1.18. The first kappa shape index (κ1) is 28.1. The van der Waals surface area contributed by atoms with Crippen LogP contribution < -0.4 is 20.1 Å². The Labute approximate surface area is 232 Å². The first-order valence-electron chi connectivity index (χ1n) is 12.6. The van der Waals surface area contributed by atoms with Crippen LogP contribution in [0.1, 0.15) is 5.56 Å². The molecule has 214 valence electrons. The van der Waals surface area contributed by atoms with E-state index < -0.39 is 23.6 Å². The summed E-state index contributed by atoms with van der Waals surface area (Å²) in [5.41, 5.74) is -0.693. The topological polar surface area (TPSA) is 97.8 Å². The minimum Gasteiger partial charge on any atom is -0.492 e. The number of fused-ring (bicyclic) bond motifs is 1. The van der Waals surface area contributed by atoms with Gasteiger partial charge in [0.15, 0.2) is 0 Å². The third-order valence-corrected chi connectivity index (χ3v) is 6.21. The second-order valence-corrected chi connectivity index (χ2v) is 9.06. The predicted octanol–water partition coefficient (Wildman–Crippen LogP) is 5.94. The number of halogens is 4. The zero-order chi connectivity index (χ0) is 28.8. The molecule has 2 N–H and O–H groups in total. The van der Waals surface area contributed by atoms with Crippen molar-refractivity contribution in [2.75, 3.05) is 50.1 Å². The lowest BCUT2D eigenvalue weighted by Crippen LogP contribution is -2.38. The minimum absolute atomic E-state index is 0.211. The van der Waals surface area contributed by atoms with Gasteiger partial charge in [-0.15, -0.1) is 0 Å². The van der Waals surface area contributed by atoms with E-state index in [9.17, 15) is 22.4 Å². The van der Waals surface area contributed by atoms with Crippen LogP contribution in [0.5, 0.6) is 17.4 Å². The molecule has 1 aliphatic heterocycles. The summed E-state index contributed by atoms with van der Waals surface area (Å²) >= 11 is 0. The number of morpholine rings is 1. The number of benzene rings is 3. The maximum absolute atomic E-state index is 13.5. The Kier molecular flexibility index (Phi) is 8.45. The fraction of sp³-hybridized carbons (Fsp3) is 0.250. The molecular formula is C28H25F4N5O4. The van der Waals surface area contributed by atoms with Crippen molar-refractivity contribution in [2.24, 2.45) is 0 Å². The summed E-state index contributed by atoms with van der Waals surface area (Å²) in [5, 5.41) is 5.43. The number of carbonyl (C=O) groups is 1. The van der Waals surface area contributed by atoms with Crippen LogP contribution in [0.4, 0.5) is 33.7 Å². The number of urea groups is 1. The monoisotopic (exact) mass is 571 g/mol. The molecule has 0 radical (unpaired) electrons. The lowest BCUT2D eigenvalue weighted by molar-refractivity contribution is -0.139. The molecule has 5 rings (SSSR count). The molecule has 2 amide bonds. The van der Waals surface area contributed by atoms with Crippen molar-refractivity contribution in [1.29, 1.82) is 0 Å². The van der Waals surface area contributed by atoms with Gasteiger partial charge in [-0.05, 0) is 54.6 Å². The van der Waals surface area contributed by atoms with Crippen LogP contribution >= 0.6 is 0 Å². The summed E-state index contributed by atoms with van der Waals surface area (Å²) in [6.07, 6.45) is -3.50. The molecule has 1 aliphatic rings. The normalized spacial score (nSPS) is 14.0. The summed E-state index contributed by atoms with van der Waals surface area (Å²) in [6, 6.07) is 13.1. The number of amides is 2. The molecule has 9 nitrogen and oxygen atoms in total. The van der Waals surface area contributed by atoms with Gasteiger partial charge in [-0.1, -0.05) is 0 Å². The molecule has 0 unspecified atom stereocenters. The number of nitrogens with one attached hydrogen (secondary N) is 2. The Morgan fingerprint density at radius 2 is 1.63 bits per heavy atom. The maximum Gasteiger partial charge on any atom is 0.419 e. The standard InChI is InChI=1S/C28H25F4N5O4/c29-24-8-3-19(15-23(24)28(30,31)32)36-27(38)35-18-1-4-20(5-2-18)41-26-22-7-6-21(16-25(22)33-17-34-26)40-14-11-37-9-12-39-13-10-37/h1-8,15-17H,9-14H2,(H2,35,36,38). The highest BCUT2D eigenvalue weighted by molar-refractivity contribution is 5.99.